The van der Waals surface area contributed by atoms with Gasteiger partial charge in [-0.05, 0) is 49.4 Å². The molecule has 0 aliphatic rings. The van der Waals surface area contributed by atoms with Gasteiger partial charge in [0.2, 0.25) is 0 Å². The van der Waals surface area contributed by atoms with Crippen LogP contribution in [0.2, 0.25) is 5.02 Å². The topological polar surface area (TPSA) is 80.6 Å². The van der Waals surface area contributed by atoms with Crippen molar-refractivity contribution in [2.75, 3.05) is 6.61 Å². The Labute approximate surface area is 138 Å². The number of halogens is 1. The number of nitrogens with one attached hydrogen (secondary N) is 2. The van der Waals surface area contributed by atoms with Crippen molar-refractivity contribution < 1.29 is 18.7 Å². The van der Waals surface area contributed by atoms with E-state index in [1.807, 2.05) is 0 Å². The number of carbonyl (C=O) groups is 2. The summed E-state index contributed by atoms with van der Waals surface area (Å²) in [7, 11) is 0. The number of ether oxygens (including phenoxy) is 1. The standard InChI is InChI=1S/C16H15ClN2O4/c1-11-2-5-14(23-11)8-9-15(20)18-19-16(21)10-22-13-6-3-12(17)4-7-13/h2-9H,10H2,1H3,(H,18,20)(H,19,21). The highest BCUT2D eigenvalue weighted by Gasteiger charge is 2.04. The molecule has 0 radical (unpaired) electrons. The predicted molar refractivity (Wildman–Crippen MR) is 85.7 cm³/mol. The number of hydrogen-bond acceptors (Lipinski definition) is 4. The Balaban J connectivity index is 1.70. The lowest BCUT2D eigenvalue weighted by Crippen LogP contribution is -2.43. The van der Waals surface area contributed by atoms with Gasteiger partial charge in [0.25, 0.3) is 11.8 Å². The summed E-state index contributed by atoms with van der Waals surface area (Å²) in [5.41, 5.74) is 4.47. The first-order valence-electron chi connectivity index (χ1n) is 6.74. The van der Waals surface area contributed by atoms with Crippen molar-refractivity contribution in [3.63, 3.8) is 0 Å². The fraction of sp³-hybridized carbons (Fsp3) is 0.125. The molecule has 0 aliphatic heterocycles. The van der Waals surface area contributed by atoms with Crippen molar-refractivity contribution in [2.45, 2.75) is 6.92 Å². The predicted octanol–water partition coefficient (Wildman–Crippen LogP) is 2.48. The summed E-state index contributed by atoms with van der Waals surface area (Å²) >= 11 is 5.74. The van der Waals surface area contributed by atoms with Gasteiger partial charge in [-0.1, -0.05) is 11.6 Å². The van der Waals surface area contributed by atoms with Gasteiger partial charge in [-0.15, -0.1) is 0 Å². The third-order valence-electron chi connectivity index (χ3n) is 2.67. The number of rotatable bonds is 5. The van der Waals surface area contributed by atoms with Crippen molar-refractivity contribution in [1.82, 2.24) is 10.9 Å². The van der Waals surface area contributed by atoms with E-state index in [1.165, 1.54) is 12.2 Å². The maximum atomic E-state index is 11.5. The summed E-state index contributed by atoms with van der Waals surface area (Å²) in [6, 6.07) is 10.1. The smallest absolute Gasteiger partial charge is 0.276 e. The molecule has 0 bridgehead atoms. The zero-order chi connectivity index (χ0) is 16.7. The van der Waals surface area contributed by atoms with Crippen molar-refractivity contribution >= 4 is 29.5 Å². The summed E-state index contributed by atoms with van der Waals surface area (Å²) in [5, 5.41) is 0.576. The first-order chi connectivity index (χ1) is 11.0. The number of hydrogen-bond donors (Lipinski definition) is 2. The zero-order valence-corrected chi connectivity index (χ0v) is 13.1. The van der Waals surface area contributed by atoms with Crippen LogP contribution >= 0.6 is 11.6 Å². The zero-order valence-electron chi connectivity index (χ0n) is 12.3. The van der Waals surface area contributed by atoms with E-state index in [0.717, 1.165) is 5.76 Å². The molecular formula is C16H15ClN2O4. The van der Waals surface area contributed by atoms with E-state index in [9.17, 15) is 9.59 Å². The maximum absolute atomic E-state index is 11.5. The second-order valence-electron chi connectivity index (χ2n) is 4.56. The van der Waals surface area contributed by atoms with Gasteiger partial charge in [0.05, 0.1) is 0 Å². The highest BCUT2D eigenvalue weighted by molar-refractivity contribution is 6.30. The molecule has 120 valence electrons. The molecule has 2 N–H and O–H groups in total. The molecule has 0 spiro atoms. The van der Waals surface area contributed by atoms with Crippen LogP contribution in [0, 0.1) is 6.92 Å². The van der Waals surface area contributed by atoms with Crippen LogP contribution in [0.3, 0.4) is 0 Å². The second-order valence-corrected chi connectivity index (χ2v) is 5.00. The molecule has 7 heteroatoms. The van der Waals surface area contributed by atoms with Crippen LogP contribution in [0.4, 0.5) is 0 Å². The first-order valence-corrected chi connectivity index (χ1v) is 7.12. The number of amides is 2. The first kappa shape index (κ1) is 16.6. The fourth-order valence-electron chi connectivity index (χ4n) is 1.59. The fourth-order valence-corrected chi connectivity index (χ4v) is 1.72. The van der Waals surface area contributed by atoms with E-state index in [4.69, 9.17) is 20.8 Å². The minimum Gasteiger partial charge on any atom is -0.484 e. The summed E-state index contributed by atoms with van der Waals surface area (Å²) in [6.45, 7) is 1.57. The molecule has 0 unspecified atom stereocenters. The Hall–Kier alpha value is -2.73. The van der Waals surface area contributed by atoms with E-state index in [1.54, 1.807) is 43.3 Å². The van der Waals surface area contributed by atoms with Crippen molar-refractivity contribution in [1.29, 1.82) is 0 Å². The summed E-state index contributed by atoms with van der Waals surface area (Å²) < 4.78 is 10.5. The molecule has 0 atom stereocenters. The van der Waals surface area contributed by atoms with Crippen molar-refractivity contribution in [2.24, 2.45) is 0 Å². The van der Waals surface area contributed by atoms with Crippen molar-refractivity contribution in [3.05, 3.63) is 59.0 Å². The largest absolute Gasteiger partial charge is 0.484 e. The third kappa shape index (κ3) is 5.88. The van der Waals surface area contributed by atoms with Crippen LogP contribution in [0.15, 0.2) is 46.9 Å². The lowest BCUT2D eigenvalue weighted by Gasteiger charge is -2.07. The quantitative estimate of drug-likeness (QED) is 0.650. The van der Waals surface area contributed by atoms with Crippen LogP contribution in [0.25, 0.3) is 6.08 Å². The highest BCUT2D eigenvalue weighted by Crippen LogP contribution is 2.15. The number of hydrazine groups is 1. The van der Waals surface area contributed by atoms with Gasteiger partial charge in [0.15, 0.2) is 6.61 Å². The third-order valence-corrected chi connectivity index (χ3v) is 2.92. The number of benzene rings is 1. The Kier molecular flexibility index (Phi) is 5.82. The van der Waals surface area contributed by atoms with Gasteiger partial charge >= 0.3 is 0 Å². The normalized spacial score (nSPS) is 10.5. The van der Waals surface area contributed by atoms with Crippen LogP contribution in [-0.4, -0.2) is 18.4 Å². The lowest BCUT2D eigenvalue weighted by atomic mass is 10.3. The number of carbonyl (C=O) groups excluding carboxylic acids is 2. The lowest BCUT2D eigenvalue weighted by molar-refractivity contribution is -0.128. The molecule has 2 aromatic rings. The molecule has 0 saturated heterocycles. The van der Waals surface area contributed by atoms with E-state index in [2.05, 4.69) is 10.9 Å². The molecule has 0 aliphatic carbocycles. The van der Waals surface area contributed by atoms with Gasteiger partial charge in [-0.3, -0.25) is 20.4 Å². The van der Waals surface area contributed by atoms with Crippen LogP contribution in [-0.2, 0) is 9.59 Å². The molecule has 6 nitrogen and oxygen atoms in total. The van der Waals surface area contributed by atoms with E-state index < -0.39 is 11.8 Å². The minimum absolute atomic E-state index is 0.233. The molecule has 2 amide bonds. The molecular weight excluding hydrogens is 320 g/mol. The van der Waals surface area contributed by atoms with E-state index in [-0.39, 0.29) is 6.61 Å². The van der Waals surface area contributed by atoms with Gasteiger partial charge in [0.1, 0.15) is 17.3 Å². The number of aryl methyl sites for hydroxylation is 1. The second kappa shape index (κ2) is 8.05. The van der Waals surface area contributed by atoms with Crippen LogP contribution < -0.4 is 15.6 Å². The molecule has 2 rings (SSSR count). The molecule has 1 heterocycles. The maximum Gasteiger partial charge on any atom is 0.276 e. The van der Waals surface area contributed by atoms with Gasteiger partial charge in [0, 0.05) is 11.1 Å². The Morgan fingerprint density at radius 1 is 1.17 bits per heavy atom. The van der Waals surface area contributed by atoms with Gasteiger partial charge in [-0.2, -0.15) is 0 Å². The Bertz CT molecular complexity index is 707. The molecule has 0 fully saturated rings. The average Bonchev–Trinajstić information content (AvgIpc) is 2.96. The van der Waals surface area contributed by atoms with Crippen LogP contribution in [0.5, 0.6) is 5.75 Å². The molecule has 0 saturated carbocycles. The Morgan fingerprint density at radius 2 is 1.91 bits per heavy atom. The highest BCUT2D eigenvalue weighted by atomic mass is 35.5. The SMILES string of the molecule is Cc1ccc(C=CC(=O)NNC(=O)COc2ccc(Cl)cc2)o1. The average molecular weight is 335 g/mol. The monoisotopic (exact) mass is 334 g/mol. The number of furan rings is 1. The molecule has 1 aromatic heterocycles. The van der Waals surface area contributed by atoms with E-state index >= 15 is 0 Å². The van der Waals surface area contributed by atoms with Gasteiger partial charge < -0.3 is 9.15 Å². The van der Waals surface area contributed by atoms with Gasteiger partial charge in [-0.25, -0.2) is 0 Å². The van der Waals surface area contributed by atoms with Crippen LogP contribution in [0.1, 0.15) is 11.5 Å². The van der Waals surface area contributed by atoms with E-state index in [0.29, 0.717) is 16.5 Å². The summed E-state index contributed by atoms with van der Waals surface area (Å²) in [5.74, 6) is 0.825. The molecule has 1 aromatic carbocycles. The van der Waals surface area contributed by atoms with Crippen molar-refractivity contribution in [3.8, 4) is 5.75 Å². The minimum atomic E-state index is -0.490. The summed E-state index contributed by atoms with van der Waals surface area (Å²) in [6.07, 6.45) is 2.75. The molecule has 23 heavy (non-hydrogen) atoms. The Morgan fingerprint density at radius 3 is 2.57 bits per heavy atom. The summed E-state index contributed by atoms with van der Waals surface area (Å²) in [4.78, 5) is 23.1.